The van der Waals surface area contributed by atoms with E-state index in [4.69, 9.17) is 19.3 Å². The van der Waals surface area contributed by atoms with E-state index >= 15 is 0 Å². The van der Waals surface area contributed by atoms with Crippen molar-refractivity contribution in [3.63, 3.8) is 0 Å². The van der Waals surface area contributed by atoms with Crippen LogP contribution in [-0.4, -0.2) is 60.3 Å². The molecular weight excluding hydrogens is 462 g/mol. The average molecular weight is 492 g/mol. The molecule has 2 aliphatic rings. The molecule has 0 saturated heterocycles. The van der Waals surface area contributed by atoms with Gasteiger partial charge in [-0.1, -0.05) is 37.3 Å². The SMILES string of the molecule is CCOc1ccc(C2=NN(C(NC(=O)N3C=CN=CC3)c3ccccc3)C(=O)OC2CC)cc1OC. The number of methoxy groups -OCH3 is 1. The zero-order chi connectivity index (χ0) is 25.5. The Balaban J connectivity index is 1.73. The molecule has 2 unspecified atom stereocenters. The van der Waals surface area contributed by atoms with Gasteiger partial charge in [-0.25, -0.2) is 9.59 Å². The van der Waals surface area contributed by atoms with Gasteiger partial charge >= 0.3 is 12.1 Å². The Labute approximate surface area is 209 Å². The van der Waals surface area contributed by atoms with E-state index in [1.165, 1.54) is 16.1 Å². The van der Waals surface area contributed by atoms with Crippen molar-refractivity contribution in [2.45, 2.75) is 32.5 Å². The quantitative estimate of drug-likeness (QED) is 0.593. The summed E-state index contributed by atoms with van der Waals surface area (Å²) < 4.78 is 16.9. The number of hydrazone groups is 1. The van der Waals surface area contributed by atoms with Crippen LogP contribution in [-0.2, 0) is 4.74 Å². The number of nitrogens with one attached hydrogen (secondary N) is 1. The van der Waals surface area contributed by atoms with Gasteiger partial charge in [0.25, 0.3) is 0 Å². The Hall–Kier alpha value is -4.34. The van der Waals surface area contributed by atoms with Gasteiger partial charge in [-0.2, -0.15) is 10.1 Å². The smallest absolute Gasteiger partial charge is 0.433 e. The first-order chi connectivity index (χ1) is 17.5. The summed E-state index contributed by atoms with van der Waals surface area (Å²) in [5.41, 5.74) is 1.92. The average Bonchev–Trinajstić information content (AvgIpc) is 2.93. The highest BCUT2D eigenvalue weighted by molar-refractivity contribution is 6.06. The molecule has 10 heteroatoms. The largest absolute Gasteiger partial charge is 0.493 e. The molecule has 2 aromatic carbocycles. The summed E-state index contributed by atoms with van der Waals surface area (Å²) in [5.74, 6) is 1.15. The van der Waals surface area contributed by atoms with E-state index in [0.29, 0.717) is 47.9 Å². The second kappa shape index (κ2) is 11.4. The lowest BCUT2D eigenvalue weighted by Gasteiger charge is -2.35. The standard InChI is InChI=1S/C26H29N5O5/c1-4-20-23(19-11-12-21(35-5-2)22(17-19)34-3)29-31(26(33)36-20)24(18-9-7-6-8-10-18)28-25(32)30-15-13-27-14-16-30/h6-15,17,20,24H,4-5,16H2,1-3H3,(H,28,32). The van der Waals surface area contributed by atoms with Crippen LogP contribution in [0.5, 0.6) is 11.5 Å². The van der Waals surface area contributed by atoms with Gasteiger partial charge in [0.15, 0.2) is 17.7 Å². The highest BCUT2D eigenvalue weighted by Crippen LogP contribution is 2.31. The summed E-state index contributed by atoms with van der Waals surface area (Å²) in [6, 6.07) is 14.2. The van der Waals surface area contributed by atoms with Crippen LogP contribution < -0.4 is 14.8 Å². The lowest BCUT2D eigenvalue weighted by atomic mass is 10.0. The molecule has 36 heavy (non-hydrogen) atoms. The number of carbonyl (C=O) groups excluding carboxylic acids is 2. The van der Waals surface area contributed by atoms with E-state index in [1.807, 2.05) is 50.2 Å². The van der Waals surface area contributed by atoms with Gasteiger partial charge in [-0.05, 0) is 37.1 Å². The van der Waals surface area contributed by atoms with E-state index < -0.39 is 24.4 Å². The Kier molecular flexibility index (Phi) is 7.84. The number of benzene rings is 2. The van der Waals surface area contributed by atoms with Crippen molar-refractivity contribution in [2.75, 3.05) is 20.3 Å². The molecule has 0 aromatic heterocycles. The Morgan fingerprint density at radius 1 is 1.19 bits per heavy atom. The van der Waals surface area contributed by atoms with Gasteiger partial charge in [0.2, 0.25) is 0 Å². The maximum absolute atomic E-state index is 13.1. The highest BCUT2D eigenvalue weighted by atomic mass is 16.6. The summed E-state index contributed by atoms with van der Waals surface area (Å²) in [4.78, 5) is 31.6. The van der Waals surface area contributed by atoms with Crippen LogP contribution in [0, 0.1) is 0 Å². The molecule has 4 rings (SSSR count). The van der Waals surface area contributed by atoms with Gasteiger partial charge in [0.1, 0.15) is 11.8 Å². The van der Waals surface area contributed by atoms with E-state index in [9.17, 15) is 9.59 Å². The van der Waals surface area contributed by atoms with Crippen molar-refractivity contribution in [3.8, 4) is 11.5 Å². The second-order valence-corrected chi connectivity index (χ2v) is 7.95. The highest BCUT2D eigenvalue weighted by Gasteiger charge is 2.37. The zero-order valence-electron chi connectivity index (χ0n) is 20.5. The van der Waals surface area contributed by atoms with Crippen LogP contribution in [0.3, 0.4) is 0 Å². The predicted octanol–water partition coefficient (Wildman–Crippen LogP) is 4.29. The van der Waals surface area contributed by atoms with Gasteiger partial charge < -0.3 is 19.5 Å². The van der Waals surface area contributed by atoms with Crippen LogP contribution in [0.4, 0.5) is 9.59 Å². The molecule has 0 spiro atoms. The number of aliphatic imine (C=N–C) groups is 1. The molecule has 2 aromatic rings. The molecule has 0 fully saturated rings. The minimum absolute atomic E-state index is 0.312. The molecule has 2 heterocycles. The van der Waals surface area contributed by atoms with Crippen molar-refractivity contribution < 1.29 is 23.8 Å². The van der Waals surface area contributed by atoms with Gasteiger partial charge in [0.05, 0.1) is 20.3 Å². The van der Waals surface area contributed by atoms with Gasteiger partial charge in [-0.3, -0.25) is 9.89 Å². The fourth-order valence-corrected chi connectivity index (χ4v) is 3.89. The number of cyclic esters (lactones) is 1. The molecule has 0 saturated carbocycles. The number of rotatable bonds is 8. The molecule has 2 aliphatic heterocycles. The number of hydrogen-bond donors (Lipinski definition) is 1. The fourth-order valence-electron chi connectivity index (χ4n) is 3.89. The predicted molar refractivity (Wildman–Crippen MR) is 135 cm³/mol. The fraction of sp³-hybridized carbons (Fsp3) is 0.308. The number of carbonyl (C=O) groups is 2. The van der Waals surface area contributed by atoms with Gasteiger partial charge in [0, 0.05) is 24.2 Å². The number of nitrogens with zero attached hydrogens (tertiary/aromatic N) is 4. The van der Waals surface area contributed by atoms with Crippen LogP contribution >= 0.6 is 0 Å². The molecule has 10 nitrogen and oxygen atoms in total. The monoisotopic (exact) mass is 491 g/mol. The summed E-state index contributed by atoms with van der Waals surface area (Å²) in [7, 11) is 1.56. The molecule has 188 valence electrons. The van der Waals surface area contributed by atoms with E-state index in [2.05, 4.69) is 10.3 Å². The number of hydrogen-bond acceptors (Lipinski definition) is 7. The molecule has 0 radical (unpaired) electrons. The minimum Gasteiger partial charge on any atom is -0.493 e. The Bertz CT molecular complexity index is 1180. The van der Waals surface area contributed by atoms with Crippen LogP contribution in [0.1, 0.15) is 37.6 Å². The Morgan fingerprint density at radius 2 is 2.00 bits per heavy atom. The van der Waals surface area contributed by atoms with Crippen molar-refractivity contribution >= 4 is 24.1 Å². The first-order valence-electron chi connectivity index (χ1n) is 11.8. The van der Waals surface area contributed by atoms with Crippen molar-refractivity contribution in [2.24, 2.45) is 10.1 Å². The third-order valence-electron chi connectivity index (χ3n) is 5.68. The number of ether oxygens (including phenoxy) is 3. The zero-order valence-corrected chi connectivity index (χ0v) is 20.5. The first kappa shape index (κ1) is 24.8. The second-order valence-electron chi connectivity index (χ2n) is 7.95. The van der Waals surface area contributed by atoms with E-state index in [0.717, 1.165) is 0 Å². The Morgan fingerprint density at radius 3 is 2.67 bits per heavy atom. The normalized spacial score (nSPS) is 17.8. The number of urea groups is 1. The van der Waals surface area contributed by atoms with Crippen molar-refractivity contribution in [3.05, 3.63) is 72.1 Å². The third-order valence-corrected chi connectivity index (χ3v) is 5.68. The van der Waals surface area contributed by atoms with Crippen molar-refractivity contribution in [1.82, 2.24) is 15.2 Å². The summed E-state index contributed by atoms with van der Waals surface area (Å²) in [6.07, 6.45) is 3.10. The molecule has 2 atom stereocenters. The third kappa shape index (κ3) is 5.32. The maximum Gasteiger partial charge on any atom is 0.433 e. The van der Waals surface area contributed by atoms with Gasteiger partial charge in [-0.15, -0.1) is 0 Å². The van der Waals surface area contributed by atoms with Crippen molar-refractivity contribution in [1.29, 1.82) is 0 Å². The lowest BCUT2D eigenvalue weighted by molar-refractivity contribution is 0.0530. The molecule has 3 amide bonds. The molecular formula is C26H29N5O5. The summed E-state index contributed by atoms with van der Waals surface area (Å²) >= 11 is 0. The lowest BCUT2D eigenvalue weighted by Crippen LogP contribution is -2.50. The molecule has 0 aliphatic carbocycles. The van der Waals surface area contributed by atoms with Crippen LogP contribution in [0.15, 0.2) is 71.0 Å². The number of amides is 3. The summed E-state index contributed by atoms with van der Waals surface area (Å²) in [5, 5.41) is 8.78. The molecule has 1 N–H and O–H groups in total. The van der Waals surface area contributed by atoms with Crippen LogP contribution in [0.25, 0.3) is 0 Å². The molecule has 0 bridgehead atoms. The minimum atomic E-state index is -0.907. The maximum atomic E-state index is 13.1. The summed E-state index contributed by atoms with van der Waals surface area (Å²) in [6.45, 7) is 4.62. The van der Waals surface area contributed by atoms with E-state index in [1.54, 1.807) is 31.7 Å². The topological polar surface area (TPSA) is 105 Å². The van der Waals surface area contributed by atoms with E-state index in [-0.39, 0.29) is 0 Å². The first-order valence-corrected chi connectivity index (χ1v) is 11.8. The van der Waals surface area contributed by atoms with Crippen LogP contribution in [0.2, 0.25) is 0 Å².